The Bertz CT molecular complexity index is 1630. The number of hydrogen-bond donors (Lipinski definition) is 4. The minimum atomic E-state index is -5.00. The van der Waals surface area contributed by atoms with Crippen LogP contribution in [0.4, 0.5) is 52.7 Å². The van der Waals surface area contributed by atoms with E-state index in [0.717, 1.165) is 36.4 Å². The summed E-state index contributed by atoms with van der Waals surface area (Å²) in [5.74, 6) is -11.0. The zero-order valence-electron chi connectivity index (χ0n) is 21.1. The predicted molar refractivity (Wildman–Crippen MR) is 149 cm³/mol. The van der Waals surface area contributed by atoms with Crippen molar-refractivity contribution in [1.82, 2.24) is 0 Å². The molecule has 0 aromatic heterocycles. The zero-order valence-corrected chi connectivity index (χ0v) is 22.6. The molecule has 0 amide bonds. The Morgan fingerprint density at radius 1 is 0.522 bits per heavy atom. The number of hydrogen-bond acceptors (Lipinski definition) is 4. The number of aromatic hydroxyl groups is 2. The van der Waals surface area contributed by atoms with E-state index in [1.165, 1.54) is 6.07 Å². The Labute approximate surface area is 262 Å². The van der Waals surface area contributed by atoms with E-state index in [4.69, 9.17) is 15.2 Å². The molecule has 0 unspecified atom stereocenters. The van der Waals surface area contributed by atoms with Gasteiger partial charge >= 0.3 is 19.5 Å². The number of phenolic OH excluding ortho intramolecular Hbond substituents is 2. The van der Waals surface area contributed by atoms with Crippen molar-refractivity contribution >= 4 is 28.5 Å². The molecule has 0 aliphatic heterocycles. The molecule has 0 heterocycles. The first-order valence-electron chi connectivity index (χ1n) is 11.3. The molecule has 4 rings (SSSR count). The molecule has 0 saturated carbocycles. The molecule has 46 heavy (non-hydrogen) atoms. The van der Waals surface area contributed by atoms with Crippen LogP contribution in [-0.2, 0) is 12.4 Å². The second-order valence-corrected chi connectivity index (χ2v) is 9.05. The van der Waals surface area contributed by atoms with E-state index in [1.54, 1.807) is 0 Å². The van der Waals surface area contributed by atoms with Gasteiger partial charge in [-0.15, -0.1) is 0 Å². The summed E-state index contributed by atoms with van der Waals surface area (Å²) in [5.41, 5.74) is -4.71. The average molecular weight is 741 g/mol. The van der Waals surface area contributed by atoms with Gasteiger partial charge in [-0.3, -0.25) is 0 Å². The van der Waals surface area contributed by atoms with Crippen LogP contribution in [0.15, 0.2) is 65.1 Å². The normalized spacial score (nSPS) is 10.8. The molecule has 0 atom stereocenters. The number of rotatable bonds is 2. The molecule has 0 aliphatic carbocycles. The van der Waals surface area contributed by atoms with Crippen LogP contribution >= 0.6 is 15.9 Å². The Kier molecular flexibility index (Phi) is 15.2. The fourth-order valence-corrected chi connectivity index (χ4v) is 3.50. The first-order valence-corrected chi connectivity index (χ1v) is 12.1. The molecule has 4 N–H and O–H groups in total. The van der Waals surface area contributed by atoms with E-state index in [9.17, 15) is 57.8 Å². The number of phenols is 2. The van der Waals surface area contributed by atoms with Gasteiger partial charge in [0.05, 0.1) is 15.6 Å². The summed E-state index contributed by atoms with van der Waals surface area (Å²) in [7, 11) is -1.97. The highest BCUT2D eigenvalue weighted by Gasteiger charge is 2.37. The molecule has 4 aromatic rings. The SMILES string of the molecule is C.C.OB(O)c1cccc(F)c1F.Oc1c(-c2cccc(F)c2F)ccc(C(F)(F)F)c1F.Oc1c(Br)ccc(C(F)(F)F)c1F. The van der Waals surface area contributed by atoms with Crippen molar-refractivity contribution in [1.29, 1.82) is 0 Å². The van der Waals surface area contributed by atoms with Crippen molar-refractivity contribution < 1.29 is 72.9 Å². The molecule has 0 bridgehead atoms. The van der Waals surface area contributed by atoms with Crippen LogP contribution < -0.4 is 5.46 Å². The van der Waals surface area contributed by atoms with Gasteiger partial charge in [-0.05, 0) is 52.3 Å². The Hall–Kier alpha value is -3.90. The van der Waals surface area contributed by atoms with Crippen molar-refractivity contribution in [3.05, 3.63) is 111 Å². The minimum Gasteiger partial charge on any atom is -0.504 e. The Balaban J connectivity index is 0.000000682. The summed E-state index contributed by atoms with van der Waals surface area (Å²) in [5, 5.41) is 35.2. The molecule has 0 fully saturated rings. The number of halogens is 13. The highest BCUT2D eigenvalue weighted by Crippen LogP contribution is 2.41. The number of benzene rings is 4. The van der Waals surface area contributed by atoms with E-state index in [0.29, 0.717) is 18.2 Å². The first kappa shape index (κ1) is 42.1. The van der Waals surface area contributed by atoms with Crippen LogP contribution in [0.5, 0.6) is 11.5 Å². The van der Waals surface area contributed by atoms with Crippen LogP contribution in [0.3, 0.4) is 0 Å². The van der Waals surface area contributed by atoms with Gasteiger partial charge in [0.25, 0.3) is 0 Å². The summed E-state index contributed by atoms with van der Waals surface area (Å²) in [6.45, 7) is 0. The smallest absolute Gasteiger partial charge is 0.491 e. The fourth-order valence-electron chi connectivity index (χ4n) is 3.19. The van der Waals surface area contributed by atoms with Crippen LogP contribution in [0.1, 0.15) is 26.0 Å². The minimum absolute atomic E-state index is 0. The van der Waals surface area contributed by atoms with Gasteiger partial charge in [-0.2, -0.15) is 26.3 Å². The topological polar surface area (TPSA) is 80.9 Å². The van der Waals surface area contributed by atoms with Crippen molar-refractivity contribution in [2.75, 3.05) is 0 Å². The van der Waals surface area contributed by atoms with Gasteiger partial charge in [0.15, 0.2) is 46.4 Å². The van der Waals surface area contributed by atoms with Gasteiger partial charge in [-0.1, -0.05) is 39.1 Å². The van der Waals surface area contributed by atoms with Crippen molar-refractivity contribution in [2.24, 2.45) is 0 Å². The lowest BCUT2D eigenvalue weighted by atomic mass is 9.80. The third-order valence-electron chi connectivity index (χ3n) is 5.30. The summed E-state index contributed by atoms with van der Waals surface area (Å²) >= 11 is 2.69. The lowest BCUT2D eigenvalue weighted by Crippen LogP contribution is -2.33. The van der Waals surface area contributed by atoms with E-state index < -0.39 is 93.6 Å². The molecule has 0 spiro atoms. The van der Waals surface area contributed by atoms with Gasteiger partial charge in [0, 0.05) is 16.6 Å². The standard InChI is InChI=1S/C13H6F6O.C7H3BrF4O.C6H5BF2O2.2CH4/c14-9-3-1-2-6(10(9)15)7-4-5-8(13(17,18)19)11(16)12(7)20;8-4-2-1-3(7(10,11)12)5(9)6(4)13;8-5-3-1-2-4(6(5)9)7(10)11;;/h1-5,20H;1-2,13H;1-3,10-11H;2*1H4. The van der Waals surface area contributed by atoms with Crippen molar-refractivity contribution in [3.8, 4) is 22.6 Å². The maximum Gasteiger partial charge on any atom is 0.491 e. The fraction of sp³-hybridized carbons (Fsp3) is 0.143. The summed E-state index contributed by atoms with van der Waals surface area (Å²) < 4.78 is 151. The zero-order chi connectivity index (χ0) is 33.7. The third-order valence-corrected chi connectivity index (χ3v) is 5.94. The van der Waals surface area contributed by atoms with Gasteiger partial charge in [0.1, 0.15) is 0 Å². The first-order chi connectivity index (χ1) is 20.2. The van der Waals surface area contributed by atoms with Crippen molar-refractivity contribution in [3.63, 3.8) is 0 Å². The number of alkyl halides is 6. The molecule has 0 radical (unpaired) electrons. The quantitative estimate of drug-likeness (QED) is 0.123. The Morgan fingerprint density at radius 3 is 1.41 bits per heavy atom. The monoisotopic (exact) mass is 740 g/mol. The second kappa shape index (κ2) is 16.6. The second-order valence-electron chi connectivity index (χ2n) is 8.19. The molecular weight excluding hydrogens is 719 g/mol. The summed E-state index contributed by atoms with van der Waals surface area (Å²) in [6, 6.07) is 8.62. The van der Waals surface area contributed by atoms with E-state index in [-0.39, 0.29) is 19.3 Å². The summed E-state index contributed by atoms with van der Waals surface area (Å²) in [4.78, 5) is 0. The lowest BCUT2D eigenvalue weighted by molar-refractivity contribution is -0.141. The third kappa shape index (κ3) is 10.1. The molecule has 4 aromatic carbocycles. The van der Waals surface area contributed by atoms with Crippen LogP contribution in [-0.4, -0.2) is 27.4 Å². The maximum absolute atomic E-state index is 13.5. The molecular formula is C28H22BBrF12O4. The molecule has 18 heteroatoms. The predicted octanol–water partition coefficient (Wildman–Crippen LogP) is 8.72. The molecule has 0 saturated heterocycles. The van der Waals surface area contributed by atoms with Crippen LogP contribution in [0.25, 0.3) is 11.1 Å². The molecule has 0 aliphatic rings. The van der Waals surface area contributed by atoms with Gasteiger partial charge in [0.2, 0.25) is 0 Å². The van der Waals surface area contributed by atoms with Crippen molar-refractivity contribution in [2.45, 2.75) is 27.2 Å². The average Bonchev–Trinajstić information content (AvgIpc) is 2.91. The van der Waals surface area contributed by atoms with E-state index in [1.807, 2.05) is 0 Å². The highest BCUT2D eigenvalue weighted by atomic mass is 79.9. The van der Waals surface area contributed by atoms with Gasteiger partial charge < -0.3 is 20.3 Å². The van der Waals surface area contributed by atoms with E-state index in [2.05, 4.69) is 15.9 Å². The van der Waals surface area contributed by atoms with Crippen LogP contribution in [0.2, 0.25) is 0 Å². The Morgan fingerprint density at radius 2 is 0.957 bits per heavy atom. The maximum atomic E-state index is 13.5. The molecule has 4 nitrogen and oxygen atoms in total. The van der Waals surface area contributed by atoms with Gasteiger partial charge in [-0.25, -0.2) is 26.3 Å². The largest absolute Gasteiger partial charge is 0.504 e. The summed E-state index contributed by atoms with van der Waals surface area (Å²) in [6.07, 6.45) is -9.79. The molecule has 252 valence electrons. The highest BCUT2D eigenvalue weighted by molar-refractivity contribution is 9.10. The van der Waals surface area contributed by atoms with E-state index >= 15 is 0 Å². The lowest BCUT2D eigenvalue weighted by Gasteiger charge is -2.12. The van der Waals surface area contributed by atoms with Crippen LogP contribution in [0, 0.1) is 34.9 Å².